The highest BCUT2D eigenvalue weighted by atomic mass is 35.5. The SMILES string of the molecule is FC(F)Oc1ccc(Cl)cc1CN1CCC(c2nnc3n2CCNC3)CC1. The van der Waals surface area contributed by atoms with Crippen molar-refractivity contribution in [1.29, 1.82) is 0 Å². The molecular weight excluding hydrogens is 376 g/mol. The number of rotatable bonds is 5. The van der Waals surface area contributed by atoms with Gasteiger partial charge in [0.1, 0.15) is 17.4 Å². The third-order valence-electron chi connectivity index (χ3n) is 5.24. The Hall–Kier alpha value is -1.77. The second-order valence-corrected chi connectivity index (χ2v) is 7.42. The van der Waals surface area contributed by atoms with Gasteiger partial charge >= 0.3 is 6.61 Å². The number of likely N-dealkylation sites (tertiary alicyclic amines) is 1. The van der Waals surface area contributed by atoms with Crippen LogP contribution in [0.4, 0.5) is 8.78 Å². The van der Waals surface area contributed by atoms with E-state index in [0.717, 1.165) is 57.2 Å². The summed E-state index contributed by atoms with van der Waals surface area (Å²) in [5.74, 6) is 2.66. The predicted octanol–water partition coefficient (Wildman–Crippen LogP) is 3.02. The number of alkyl halides is 2. The summed E-state index contributed by atoms with van der Waals surface area (Å²) in [7, 11) is 0. The van der Waals surface area contributed by atoms with Crippen LogP contribution in [0.2, 0.25) is 5.02 Å². The molecule has 2 aliphatic rings. The van der Waals surface area contributed by atoms with Gasteiger partial charge in [-0.3, -0.25) is 4.90 Å². The smallest absolute Gasteiger partial charge is 0.387 e. The first-order valence-electron chi connectivity index (χ1n) is 9.18. The third-order valence-corrected chi connectivity index (χ3v) is 5.47. The molecule has 0 bridgehead atoms. The second kappa shape index (κ2) is 8.08. The minimum atomic E-state index is -2.84. The molecule has 0 radical (unpaired) electrons. The number of nitrogens with zero attached hydrogens (tertiary/aromatic N) is 4. The van der Waals surface area contributed by atoms with Crippen LogP contribution in [-0.2, 0) is 19.6 Å². The minimum Gasteiger partial charge on any atom is -0.434 e. The van der Waals surface area contributed by atoms with E-state index in [1.165, 1.54) is 6.07 Å². The maximum absolute atomic E-state index is 12.6. The van der Waals surface area contributed by atoms with E-state index in [1.807, 2.05) is 0 Å². The van der Waals surface area contributed by atoms with Crippen molar-refractivity contribution in [1.82, 2.24) is 25.0 Å². The second-order valence-electron chi connectivity index (χ2n) is 6.98. The van der Waals surface area contributed by atoms with Crippen LogP contribution in [0.5, 0.6) is 5.75 Å². The van der Waals surface area contributed by atoms with Crippen molar-refractivity contribution in [3.05, 3.63) is 40.4 Å². The minimum absolute atomic E-state index is 0.190. The standard InChI is InChI=1S/C18H22ClF2N5O/c19-14-1-2-15(27-18(20)21)13(9-14)11-25-6-3-12(4-7-25)17-24-23-16-10-22-5-8-26(16)17/h1-2,9,12,18,22H,3-8,10-11H2. The molecule has 0 aliphatic carbocycles. The maximum atomic E-state index is 12.6. The van der Waals surface area contributed by atoms with E-state index in [9.17, 15) is 8.78 Å². The Morgan fingerprint density at radius 3 is 2.81 bits per heavy atom. The highest BCUT2D eigenvalue weighted by Gasteiger charge is 2.27. The number of benzene rings is 1. The van der Waals surface area contributed by atoms with E-state index >= 15 is 0 Å². The average molecular weight is 398 g/mol. The highest BCUT2D eigenvalue weighted by molar-refractivity contribution is 6.30. The topological polar surface area (TPSA) is 55.2 Å². The van der Waals surface area contributed by atoms with E-state index in [2.05, 4.69) is 29.7 Å². The number of ether oxygens (including phenoxy) is 1. The van der Waals surface area contributed by atoms with Gasteiger partial charge < -0.3 is 14.6 Å². The Morgan fingerprint density at radius 1 is 1.22 bits per heavy atom. The highest BCUT2D eigenvalue weighted by Crippen LogP contribution is 2.31. The Kier molecular flexibility index (Phi) is 5.56. The summed E-state index contributed by atoms with van der Waals surface area (Å²) in [5, 5.41) is 12.6. The first-order chi connectivity index (χ1) is 13.1. The molecule has 1 aromatic heterocycles. The molecule has 0 amide bonds. The molecule has 1 saturated heterocycles. The molecule has 0 atom stereocenters. The zero-order valence-corrected chi connectivity index (χ0v) is 15.6. The number of aromatic nitrogens is 3. The number of nitrogens with one attached hydrogen (secondary N) is 1. The van der Waals surface area contributed by atoms with Crippen LogP contribution in [0.3, 0.4) is 0 Å². The first-order valence-corrected chi connectivity index (χ1v) is 9.56. The number of hydrogen-bond donors (Lipinski definition) is 1. The Bertz CT molecular complexity index is 792. The summed E-state index contributed by atoms with van der Waals surface area (Å²) < 4.78 is 32.2. The van der Waals surface area contributed by atoms with Crippen LogP contribution < -0.4 is 10.1 Å². The zero-order valence-electron chi connectivity index (χ0n) is 14.9. The monoisotopic (exact) mass is 397 g/mol. The van der Waals surface area contributed by atoms with Crippen molar-refractivity contribution in [2.75, 3.05) is 19.6 Å². The van der Waals surface area contributed by atoms with Crippen LogP contribution in [0.15, 0.2) is 18.2 Å². The van der Waals surface area contributed by atoms with E-state index < -0.39 is 6.61 Å². The maximum Gasteiger partial charge on any atom is 0.387 e. The summed E-state index contributed by atoms with van der Waals surface area (Å²) in [5.41, 5.74) is 0.687. The van der Waals surface area contributed by atoms with E-state index in [1.54, 1.807) is 12.1 Å². The molecule has 2 aromatic rings. The van der Waals surface area contributed by atoms with Crippen LogP contribution in [0.25, 0.3) is 0 Å². The Morgan fingerprint density at radius 2 is 2.04 bits per heavy atom. The largest absolute Gasteiger partial charge is 0.434 e. The van der Waals surface area contributed by atoms with Gasteiger partial charge in [0.15, 0.2) is 0 Å². The molecule has 1 aromatic carbocycles. The van der Waals surface area contributed by atoms with Gasteiger partial charge in [-0.1, -0.05) is 11.6 Å². The molecule has 0 saturated carbocycles. The van der Waals surface area contributed by atoms with Crippen LogP contribution >= 0.6 is 11.6 Å². The lowest BCUT2D eigenvalue weighted by atomic mass is 9.95. The van der Waals surface area contributed by atoms with Gasteiger partial charge in [0, 0.05) is 36.1 Å². The van der Waals surface area contributed by atoms with Crippen molar-refractivity contribution in [3.8, 4) is 5.75 Å². The summed E-state index contributed by atoms with van der Waals surface area (Å²) >= 11 is 6.04. The lowest BCUT2D eigenvalue weighted by Gasteiger charge is -2.32. The van der Waals surface area contributed by atoms with Gasteiger partial charge in [-0.15, -0.1) is 10.2 Å². The predicted molar refractivity (Wildman–Crippen MR) is 97.1 cm³/mol. The van der Waals surface area contributed by atoms with Gasteiger partial charge in [-0.05, 0) is 44.1 Å². The molecule has 4 rings (SSSR count). The lowest BCUT2D eigenvalue weighted by Crippen LogP contribution is -2.34. The summed E-state index contributed by atoms with van der Waals surface area (Å²) in [6.07, 6.45) is 1.94. The first kappa shape index (κ1) is 18.6. The molecule has 3 heterocycles. The van der Waals surface area contributed by atoms with Crippen molar-refractivity contribution >= 4 is 11.6 Å². The van der Waals surface area contributed by atoms with E-state index in [-0.39, 0.29) is 5.75 Å². The zero-order chi connectivity index (χ0) is 18.8. The number of halogens is 3. The number of fused-ring (bicyclic) bond motifs is 1. The van der Waals surface area contributed by atoms with Crippen molar-refractivity contribution in [2.24, 2.45) is 0 Å². The molecule has 146 valence electrons. The van der Waals surface area contributed by atoms with Crippen molar-refractivity contribution in [3.63, 3.8) is 0 Å². The van der Waals surface area contributed by atoms with Gasteiger partial charge in [0.25, 0.3) is 0 Å². The summed E-state index contributed by atoms with van der Waals surface area (Å²) in [6, 6.07) is 4.78. The molecule has 27 heavy (non-hydrogen) atoms. The van der Waals surface area contributed by atoms with Crippen molar-refractivity contribution < 1.29 is 13.5 Å². The Balaban J connectivity index is 1.40. The molecule has 0 unspecified atom stereocenters. The van der Waals surface area contributed by atoms with Gasteiger partial charge in [0.2, 0.25) is 0 Å². The summed E-state index contributed by atoms with van der Waals surface area (Å²) in [6.45, 7) is 2.06. The number of hydrogen-bond acceptors (Lipinski definition) is 5. The molecule has 6 nitrogen and oxygen atoms in total. The molecule has 1 N–H and O–H groups in total. The fourth-order valence-electron chi connectivity index (χ4n) is 3.89. The molecule has 2 aliphatic heterocycles. The van der Waals surface area contributed by atoms with Crippen LogP contribution in [0.1, 0.15) is 36.0 Å². The quantitative estimate of drug-likeness (QED) is 0.840. The van der Waals surface area contributed by atoms with Gasteiger partial charge in [0.05, 0.1) is 6.54 Å². The number of piperidine rings is 1. The fraction of sp³-hybridized carbons (Fsp3) is 0.556. The third kappa shape index (κ3) is 4.23. The normalized spacial score (nSPS) is 18.7. The van der Waals surface area contributed by atoms with Crippen LogP contribution in [-0.4, -0.2) is 45.9 Å². The van der Waals surface area contributed by atoms with E-state index in [0.29, 0.717) is 23.0 Å². The Labute approximate surface area is 161 Å². The molecule has 9 heteroatoms. The molecule has 0 spiro atoms. The fourth-order valence-corrected chi connectivity index (χ4v) is 4.08. The van der Waals surface area contributed by atoms with Gasteiger partial charge in [-0.25, -0.2) is 0 Å². The van der Waals surface area contributed by atoms with Gasteiger partial charge in [-0.2, -0.15) is 8.78 Å². The average Bonchev–Trinajstić information content (AvgIpc) is 3.08. The van der Waals surface area contributed by atoms with Crippen LogP contribution in [0, 0.1) is 0 Å². The lowest BCUT2D eigenvalue weighted by molar-refractivity contribution is -0.0508. The van der Waals surface area contributed by atoms with Crippen molar-refractivity contribution in [2.45, 2.75) is 45.0 Å². The summed E-state index contributed by atoms with van der Waals surface area (Å²) in [4.78, 5) is 2.25. The molecule has 1 fully saturated rings. The van der Waals surface area contributed by atoms with E-state index in [4.69, 9.17) is 11.6 Å². The molecular formula is C18H22ClF2N5O.